The van der Waals surface area contributed by atoms with Gasteiger partial charge in [-0.3, -0.25) is 14.2 Å². The number of hydrogen-bond donors (Lipinski definition) is 1. The van der Waals surface area contributed by atoms with E-state index in [9.17, 15) is 4.79 Å². The summed E-state index contributed by atoms with van der Waals surface area (Å²) >= 11 is 9.77. The van der Waals surface area contributed by atoms with Gasteiger partial charge < -0.3 is 5.32 Å². The van der Waals surface area contributed by atoms with Crippen LogP contribution < -0.4 is 5.32 Å². The molecule has 0 aliphatic carbocycles. The van der Waals surface area contributed by atoms with E-state index in [4.69, 9.17) is 11.6 Å². The Balaban J connectivity index is 1.44. The first-order valence-corrected chi connectivity index (χ1v) is 10.9. The molecule has 0 bridgehead atoms. The lowest BCUT2D eigenvalue weighted by molar-refractivity contribution is 0.102. The number of carbonyl (C=O) groups excluding carboxylic acids is 1. The van der Waals surface area contributed by atoms with Crippen LogP contribution in [-0.4, -0.2) is 25.5 Å². The predicted molar refractivity (Wildman–Crippen MR) is 126 cm³/mol. The van der Waals surface area contributed by atoms with Crippen molar-refractivity contribution in [2.24, 2.45) is 0 Å². The van der Waals surface area contributed by atoms with Gasteiger partial charge in [-0.15, -0.1) is 0 Å². The molecule has 8 heteroatoms. The second-order valence-electron chi connectivity index (χ2n) is 7.29. The zero-order chi connectivity index (χ0) is 22.0. The lowest BCUT2D eigenvalue weighted by atomic mass is 10.1. The summed E-state index contributed by atoms with van der Waals surface area (Å²) in [7, 11) is 0. The van der Waals surface area contributed by atoms with Gasteiger partial charge in [-0.2, -0.15) is 10.2 Å². The van der Waals surface area contributed by atoms with E-state index in [1.807, 2.05) is 67.2 Å². The molecule has 6 nitrogen and oxygen atoms in total. The van der Waals surface area contributed by atoms with E-state index in [0.717, 1.165) is 27.0 Å². The van der Waals surface area contributed by atoms with Crippen molar-refractivity contribution in [1.29, 1.82) is 0 Å². The number of aromatic nitrogens is 4. The predicted octanol–water partition coefficient (Wildman–Crippen LogP) is 5.46. The van der Waals surface area contributed by atoms with Gasteiger partial charge in [-0.25, -0.2) is 0 Å². The molecule has 158 valence electrons. The van der Waals surface area contributed by atoms with Crippen molar-refractivity contribution in [3.8, 4) is 0 Å². The fourth-order valence-corrected chi connectivity index (χ4v) is 3.80. The first kappa shape index (κ1) is 21.3. The summed E-state index contributed by atoms with van der Waals surface area (Å²) in [5.41, 5.74) is 4.53. The Hall–Kier alpha value is -2.90. The van der Waals surface area contributed by atoms with Gasteiger partial charge in [0.05, 0.1) is 29.0 Å². The molecule has 1 N–H and O–H groups in total. The third kappa shape index (κ3) is 4.89. The standard InChI is InChI=1S/C23H21BrClN5O/c1-15-22(24)16(2)30(27-15)13-17-6-5-8-18(12-17)23(31)26-21-10-11-29(28-21)14-19-7-3-4-9-20(19)25/h3-12H,13-14H2,1-2H3,(H,26,28,31). The quantitative estimate of drug-likeness (QED) is 0.384. The topological polar surface area (TPSA) is 64.7 Å². The van der Waals surface area contributed by atoms with Crippen molar-refractivity contribution in [1.82, 2.24) is 19.6 Å². The third-order valence-corrected chi connectivity index (χ3v) is 6.50. The van der Waals surface area contributed by atoms with E-state index in [-0.39, 0.29) is 5.91 Å². The van der Waals surface area contributed by atoms with Crippen LogP contribution in [0.3, 0.4) is 0 Å². The van der Waals surface area contributed by atoms with Crippen LogP contribution in [0.4, 0.5) is 5.82 Å². The molecule has 0 saturated heterocycles. The zero-order valence-electron chi connectivity index (χ0n) is 17.1. The highest BCUT2D eigenvalue weighted by Crippen LogP contribution is 2.21. The average Bonchev–Trinajstić information content (AvgIpc) is 3.29. The summed E-state index contributed by atoms with van der Waals surface area (Å²) in [6, 6.07) is 16.9. The molecular formula is C23H21BrClN5O. The number of amides is 1. The normalized spacial score (nSPS) is 11.0. The van der Waals surface area contributed by atoms with Crippen LogP contribution in [-0.2, 0) is 13.1 Å². The van der Waals surface area contributed by atoms with Gasteiger partial charge in [0.1, 0.15) is 0 Å². The van der Waals surface area contributed by atoms with Crippen molar-refractivity contribution in [2.75, 3.05) is 5.32 Å². The van der Waals surface area contributed by atoms with Crippen LogP contribution in [0.15, 0.2) is 65.3 Å². The minimum atomic E-state index is -0.209. The van der Waals surface area contributed by atoms with Gasteiger partial charge in [-0.1, -0.05) is 41.9 Å². The van der Waals surface area contributed by atoms with E-state index in [1.165, 1.54) is 0 Å². The molecule has 2 heterocycles. The molecule has 0 saturated carbocycles. The molecule has 1 amide bonds. The molecule has 4 aromatic rings. The van der Waals surface area contributed by atoms with Crippen LogP contribution in [0.5, 0.6) is 0 Å². The van der Waals surface area contributed by atoms with Gasteiger partial charge in [0.2, 0.25) is 0 Å². The van der Waals surface area contributed by atoms with E-state index in [0.29, 0.717) is 29.5 Å². The third-order valence-electron chi connectivity index (χ3n) is 4.99. The number of anilines is 1. The number of nitrogens with zero attached hydrogens (tertiary/aromatic N) is 4. The number of carbonyl (C=O) groups is 1. The van der Waals surface area contributed by atoms with Gasteiger partial charge in [0.15, 0.2) is 5.82 Å². The highest BCUT2D eigenvalue weighted by molar-refractivity contribution is 9.10. The molecule has 0 atom stereocenters. The molecule has 0 fully saturated rings. The van der Waals surface area contributed by atoms with Crippen LogP contribution in [0.1, 0.15) is 32.9 Å². The molecule has 0 aliphatic rings. The number of nitrogens with one attached hydrogen (secondary N) is 1. The Bertz CT molecular complexity index is 1250. The second-order valence-corrected chi connectivity index (χ2v) is 8.49. The SMILES string of the molecule is Cc1nn(Cc2cccc(C(=O)Nc3ccn(Cc4ccccc4Cl)n3)c2)c(C)c1Br. The highest BCUT2D eigenvalue weighted by atomic mass is 79.9. The van der Waals surface area contributed by atoms with Crippen molar-refractivity contribution >= 4 is 39.3 Å². The Labute approximate surface area is 194 Å². The first-order valence-electron chi connectivity index (χ1n) is 9.77. The molecule has 0 unspecified atom stereocenters. The molecule has 0 spiro atoms. The van der Waals surface area contributed by atoms with Crippen molar-refractivity contribution in [2.45, 2.75) is 26.9 Å². The van der Waals surface area contributed by atoms with Crippen molar-refractivity contribution < 1.29 is 4.79 Å². The Morgan fingerprint density at radius 3 is 2.61 bits per heavy atom. The Morgan fingerprint density at radius 1 is 1.06 bits per heavy atom. The Morgan fingerprint density at radius 2 is 1.87 bits per heavy atom. The monoisotopic (exact) mass is 497 g/mol. The molecule has 0 radical (unpaired) electrons. The van der Waals surface area contributed by atoms with Crippen LogP contribution >= 0.6 is 27.5 Å². The lowest BCUT2D eigenvalue weighted by Crippen LogP contribution is -2.14. The van der Waals surface area contributed by atoms with E-state index >= 15 is 0 Å². The average molecular weight is 499 g/mol. The maximum absolute atomic E-state index is 12.8. The first-order chi connectivity index (χ1) is 14.9. The number of halogens is 2. The molecule has 4 rings (SSSR count). The largest absolute Gasteiger partial charge is 0.305 e. The Kier molecular flexibility index (Phi) is 6.25. The van der Waals surface area contributed by atoms with Gasteiger partial charge in [0, 0.05) is 22.8 Å². The second kappa shape index (κ2) is 9.08. The van der Waals surface area contributed by atoms with Crippen LogP contribution in [0, 0.1) is 13.8 Å². The molecule has 2 aromatic heterocycles. The van der Waals surface area contributed by atoms with Gasteiger partial charge in [-0.05, 0) is 59.1 Å². The molecule has 2 aromatic carbocycles. The van der Waals surface area contributed by atoms with Crippen LogP contribution in [0.25, 0.3) is 0 Å². The van der Waals surface area contributed by atoms with Gasteiger partial charge in [0.25, 0.3) is 5.91 Å². The highest BCUT2D eigenvalue weighted by Gasteiger charge is 2.12. The fraction of sp³-hybridized carbons (Fsp3) is 0.174. The summed E-state index contributed by atoms with van der Waals surface area (Å²) in [5.74, 6) is 0.282. The van der Waals surface area contributed by atoms with Crippen molar-refractivity contribution in [3.05, 3.63) is 98.4 Å². The van der Waals surface area contributed by atoms with E-state index < -0.39 is 0 Å². The van der Waals surface area contributed by atoms with Crippen molar-refractivity contribution in [3.63, 3.8) is 0 Å². The summed E-state index contributed by atoms with van der Waals surface area (Å²) in [4.78, 5) is 12.8. The van der Waals surface area contributed by atoms with E-state index in [2.05, 4.69) is 31.4 Å². The van der Waals surface area contributed by atoms with E-state index in [1.54, 1.807) is 16.8 Å². The fourth-order valence-electron chi connectivity index (χ4n) is 3.32. The smallest absolute Gasteiger partial charge is 0.256 e. The number of benzene rings is 2. The van der Waals surface area contributed by atoms with Gasteiger partial charge >= 0.3 is 0 Å². The number of hydrogen-bond acceptors (Lipinski definition) is 3. The maximum Gasteiger partial charge on any atom is 0.256 e. The minimum absolute atomic E-state index is 0.209. The number of aryl methyl sites for hydroxylation is 1. The summed E-state index contributed by atoms with van der Waals surface area (Å²) in [6.07, 6.45) is 1.82. The zero-order valence-corrected chi connectivity index (χ0v) is 19.5. The lowest BCUT2D eigenvalue weighted by Gasteiger charge is -2.08. The van der Waals surface area contributed by atoms with Crippen LogP contribution in [0.2, 0.25) is 5.02 Å². The summed E-state index contributed by atoms with van der Waals surface area (Å²) in [5, 5.41) is 12.5. The summed E-state index contributed by atoms with van der Waals surface area (Å²) in [6.45, 7) is 5.09. The maximum atomic E-state index is 12.8. The summed E-state index contributed by atoms with van der Waals surface area (Å²) < 4.78 is 4.68. The molecular weight excluding hydrogens is 478 g/mol. The molecule has 0 aliphatic heterocycles. The molecule has 31 heavy (non-hydrogen) atoms. The number of rotatable bonds is 6. The minimum Gasteiger partial charge on any atom is -0.305 e.